The summed E-state index contributed by atoms with van der Waals surface area (Å²) in [5, 5.41) is 9.98. The van der Waals surface area contributed by atoms with Crippen molar-refractivity contribution in [3.05, 3.63) is 29.8 Å². The van der Waals surface area contributed by atoms with E-state index in [0.717, 1.165) is 12.1 Å². The largest absolute Gasteiger partial charge is 0.491 e. The molecule has 0 unspecified atom stereocenters. The maximum absolute atomic E-state index is 12.5. The van der Waals surface area contributed by atoms with Crippen molar-refractivity contribution in [2.75, 3.05) is 20.2 Å². The standard InChI is InChI=1S/C16H20F3NO4/c1-10-7-14(15(22)24-10)20(2)8-12(21)9-23-13-5-3-11(4-6-13)16(17,18)19/h3-6,10,12,14,21H,7-9H2,1-2H3/t10-,12-,14-/m1/s1. The highest BCUT2D eigenvalue weighted by atomic mass is 19.4. The molecule has 24 heavy (non-hydrogen) atoms. The molecule has 1 aromatic carbocycles. The van der Waals surface area contributed by atoms with Gasteiger partial charge in [0.05, 0.1) is 5.56 Å². The average Bonchev–Trinajstić information content (AvgIpc) is 2.83. The van der Waals surface area contributed by atoms with E-state index in [2.05, 4.69) is 0 Å². The lowest BCUT2D eigenvalue weighted by Gasteiger charge is -2.24. The molecule has 1 heterocycles. The Morgan fingerprint density at radius 2 is 2.00 bits per heavy atom. The zero-order chi connectivity index (χ0) is 17.9. The van der Waals surface area contributed by atoms with Crippen molar-refractivity contribution < 1.29 is 32.5 Å². The third-order valence-electron chi connectivity index (χ3n) is 3.80. The number of hydrogen-bond acceptors (Lipinski definition) is 5. The summed E-state index contributed by atoms with van der Waals surface area (Å²) in [5.74, 6) is -0.0838. The monoisotopic (exact) mass is 347 g/mol. The number of benzene rings is 1. The van der Waals surface area contributed by atoms with Gasteiger partial charge in [-0.25, -0.2) is 0 Å². The van der Waals surface area contributed by atoms with E-state index in [1.54, 1.807) is 18.9 Å². The molecule has 1 saturated heterocycles. The van der Waals surface area contributed by atoms with Crippen molar-refractivity contribution >= 4 is 5.97 Å². The topological polar surface area (TPSA) is 59.0 Å². The Morgan fingerprint density at radius 3 is 2.50 bits per heavy atom. The second-order valence-electron chi connectivity index (χ2n) is 5.93. The van der Waals surface area contributed by atoms with E-state index in [4.69, 9.17) is 9.47 Å². The molecule has 0 amide bonds. The number of rotatable bonds is 6. The third-order valence-corrected chi connectivity index (χ3v) is 3.80. The molecular weight excluding hydrogens is 327 g/mol. The fourth-order valence-electron chi connectivity index (χ4n) is 2.54. The van der Waals surface area contributed by atoms with Gasteiger partial charge in [-0.15, -0.1) is 0 Å². The first-order chi connectivity index (χ1) is 11.2. The van der Waals surface area contributed by atoms with E-state index in [1.807, 2.05) is 0 Å². The van der Waals surface area contributed by atoms with Gasteiger partial charge < -0.3 is 14.6 Å². The van der Waals surface area contributed by atoms with Crippen LogP contribution in [0.25, 0.3) is 0 Å². The first-order valence-corrected chi connectivity index (χ1v) is 7.55. The molecule has 8 heteroatoms. The molecule has 0 bridgehead atoms. The fraction of sp³-hybridized carbons (Fsp3) is 0.562. The lowest BCUT2D eigenvalue weighted by molar-refractivity contribution is -0.144. The quantitative estimate of drug-likeness (QED) is 0.799. The van der Waals surface area contributed by atoms with Gasteiger partial charge in [0.15, 0.2) is 0 Å². The molecule has 3 atom stereocenters. The van der Waals surface area contributed by atoms with E-state index >= 15 is 0 Å². The number of aliphatic hydroxyl groups is 1. The Morgan fingerprint density at radius 1 is 1.38 bits per heavy atom. The summed E-state index contributed by atoms with van der Waals surface area (Å²) in [5.41, 5.74) is -0.760. The number of carbonyl (C=O) groups excluding carboxylic acids is 1. The number of likely N-dealkylation sites (N-methyl/N-ethyl adjacent to an activating group) is 1. The van der Waals surface area contributed by atoms with E-state index in [-0.39, 0.29) is 31.0 Å². The number of carbonyl (C=O) groups is 1. The molecule has 1 aliphatic rings. The lowest BCUT2D eigenvalue weighted by Crippen LogP contribution is -2.41. The fourth-order valence-corrected chi connectivity index (χ4v) is 2.54. The summed E-state index contributed by atoms with van der Waals surface area (Å²) in [4.78, 5) is 13.3. The summed E-state index contributed by atoms with van der Waals surface area (Å²) in [6.45, 7) is 1.90. The Hall–Kier alpha value is -1.80. The summed E-state index contributed by atoms with van der Waals surface area (Å²) in [6, 6.07) is 3.85. The average molecular weight is 347 g/mol. The summed E-state index contributed by atoms with van der Waals surface area (Å²) >= 11 is 0. The Bertz CT molecular complexity index is 561. The molecular formula is C16H20F3NO4. The number of aliphatic hydroxyl groups excluding tert-OH is 1. The molecule has 1 fully saturated rings. The Balaban J connectivity index is 1.80. The molecule has 0 radical (unpaired) electrons. The van der Waals surface area contributed by atoms with Crippen LogP contribution in [0.15, 0.2) is 24.3 Å². The summed E-state index contributed by atoms with van der Waals surface area (Å²) < 4.78 is 47.7. The van der Waals surface area contributed by atoms with Gasteiger partial charge in [-0.3, -0.25) is 9.69 Å². The van der Waals surface area contributed by atoms with Gasteiger partial charge in [-0.1, -0.05) is 0 Å². The van der Waals surface area contributed by atoms with Gasteiger partial charge in [-0.05, 0) is 38.2 Å². The van der Waals surface area contributed by atoms with Crippen LogP contribution < -0.4 is 4.74 Å². The predicted molar refractivity (Wildman–Crippen MR) is 79.5 cm³/mol. The number of halogens is 3. The van der Waals surface area contributed by atoms with Crippen LogP contribution in [0.3, 0.4) is 0 Å². The van der Waals surface area contributed by atoms with Crippen LogP contribution in [-0.2, 0) is 15.7 Å². The van der Waals surface area contributed by atoms with Crippen LogP contribution in [0, 0.1) is 0 Å². The van der Waals surface area contributed by atoms with Gasteiger partial charge in [0.2, 0.25) is 0 Å². The zero-order valence-corrected chi connectivity index (χ0v) is 13.4. The maximum atomic E-state index is 12.5. The van der Waals surface area contributed by atoms with E-state index in [1.165, 1.54) is 12.1 Å². The van der Waals surface area contributed by atoms with Crippen LogP contribution in [0.1, 0.15) is 18.9 Å². The van der Waals surface area contributed by atoms with Gasteiger partial charge >= 0.3 is 12.1 Å². The number of nitrogens with zero attached hydrogens (tertiary/aromatic N) is 1. The van der Waals surface area contributed by atoms with Gasteiger partial charge in [0.25, 0.3) is 0 Å². The van der Waals surface area contributed by atoms with Crippen molar-refractivity contribution in [2.45, 2.75) is 37.8 Å². The number of hydrogen-bond donors (Lipinski definition) is 1. The molecule has 1 N–H and O–H groups in total. The smallest absolute Gasteiger partial charge is 0.416 e. The molecule has 2 rings (SSSR count). The van der Waals surface area contributed by atoms with Crippen molar-refractivity contribution in [1.82, 2.24) is 4.90 Å². The van der Waals surface area contributed by atoms with E-state index in [0.29, 0.717) is 6.42 Å². The highest BCUT2D eigenvalue weighted by Crippen LogP contribution is 2.30. The number of alkyl halides is 3. The maximum Gasteiger partial charge on any atom is 0.416 e. The van der Waals surface area contributed by atoms with E-state index in [9.17, 15) is 23.1 Å². The first-order valence-electron chi connectivity index (χ1n) is 7.55. The van der Waals surface area contributed by atoms with Crippen LogP contribution >= 0.6 is 0 Å². The first kappa shape index (κ1) is 18.5. The van der Waals surface area contributed by atoms with Crippen LogP contribution in [0.5, 0.6) is 5.75 Å². The normalized spacial score (nSPS) is 22.5. The molecule has 5 nitrogen and oxygen atoms in total. The minimum absolute atomic E-state index is 0.0903. The van der Waals surface area contributed by atoms with Gasteiger partial charge in [-0.2, -0.15) is 13.2 Å². The second kappa shape index (κ2) is 7.40. The molecule has 134 valence electrons. The number of ether oxygens (including phenoxy) is 2. The van der Waals surface area contributed by atoms with Crippen LogP contribution in [0.2, 0.25) is 0 Å². The number of cyclic esters (lactones) is 1. The van der Waals surface area contributed by atoms with Crippen molar-refractivity contribution in [3.8, 4) is 5.75 Å². The Kier molecular flexibility index (Phi) is 5.71. The molecule has 0 spiro atoms. The SMILES string of the molecule is C[C@@H]1C[C@@H](N(C)C[C@@H](O)COc2ccc(C(F)(F)F)cc2)C(=O)O1. The van der Waals surface area contributed by atoms with Crippen LogP contribution in [0.4, 0.5) is 13.2 Å². The zero-order valence-electron chi connectivity index (χ0n) is 13.4. The lowest BCUT2D eigenvalue weighted by atomic mass is 10.1. The molecule has 0 saturated carbocycles. The minimum atomic E-state index is -4.40. The van der Waals surface area contributed by atoms with Gasteiger partial charge in [0, 0.05) is 13.0 Å². The summed E-state index contributed by atoms with van der Waals surface area (Å²) in [7, 11) is 1.70. The highest BCUT2D eigenvalue weighted by molar-refractivity contribution is 5.77. The van der Waals surface area contributed by atoms with E-state index < -0.39 is 23.9 Å². The van der Waals surface area contributed by atoms with Crippen molar-refractivity contribution in [2.24, 2.45) is 0 Å². The van der Waals surface area contributed by atoms with Crippen LogP contribution in [-0.4, -0.2) is 54.4 Å². The second-order valence-corrected chi connectivity index (χ2v) is 5.93. The summed E-state index contributed by atoms with van der Waals surface area (Å²) in [6.07, 6.45) is -4.87. The third kappa shape index (κ3) is 4.85. The van der Waals surface area contributed by atoms with Gasteiger partial charge in [0.1, 0.15) is 30.6 Å². The molecule has 0 aromatic heterocycles. The Labute approximate surface area is 138 Å². The molecule has 1 aromatic rings. The van der Waals surface area contributed by atoms with Crippen molar-refractivity contribution in [1.29, 1.82) is 0 Å². The molecule has 0 aliphatic carbocycles. The minimum Gasteiger partial charge on any atom is -0.491 e. The highest BCUT2D eigenvalue weighted by Gasteiger charge is 2.35. The molecule has 1 aliphatic heterocycles. The number of esters is 1. The predicted octanol–water partition coefficient (Wildman–Crippen LogP) is 2.08. The van der Waals surface area contributed by atoms with Crippen molar-refractivity contribution in [3.63, 3.8) is 0 Å².